The van der Waals surface area contributed by atoms with E-state index < -0.39 is 0 Å². The minimum absolute atomic E-state index is 0.616. The third-order valence-corrected chi connectivity index (χ3v) is 2.99. The zero-order valence-electron chi connectivity index (χ0n) is 11.8. The van der Waals surface area contributed by atoms with Crippen LogP contribution in [0.1, 0.15) is 33.5 Å². The molecule has 2 aromatic rings. The zero-order valence-corrected chi connectivity index (χ0v) is 11.8. The first-order valence-electron chi connectivity index (χ1n) is 6.72. The largest absolute Gasteiger partial charge is 0.399 e. The maximum atomic E-state index is 5.84. The molecule has 0 spiro atoms. The minimum atomic E-state index is 0.616. The number of nitrogens with zero attached hydrogens (tertiary/aromatic N) is 2. The molecule has 0 aliphatic heterocycles. The van der Waals surface area contributed by atoms with Gasteiger partial charge in [-0.05, 0) is 30.0 Å². The topological polar surface area (TPSA) is 43.8 Å². The van der Waals surface area contributed by atoms with Crippen molar-refractivity contribution in [3.05, 3.63) is 24.0 Å². The van der Waals surface area contributed by atoms with Crippen molar-refractivity contribution < 1.29 is 0 Å². The average Bonchev–Trinajstić information content (AvgIpc) is 2.54. The first-order chi connectivity index (χ1) is 8.47. The van der Waals surface area contributed by atoms with Crippen LogP contribution in [0.4, 0.5) is 5.69 Å². The second kappa shape index (κ2) is 5.01. The molecule has 0 aliphatic rings. The fourth-order valence-corrected chi connectivity index (χ4v) is 2.29. The maximum Gasteiger partial charge on any atom is 0.110 e. The Hall–Kier alpha value is -1.51. The van der Waals surface area contributed by atoms with Crippen LogP contribution in [0.2, 0.25) is 0 Å². The van der Waals surface area contributed by atoms with E-state index in [0.29, 0.717) is 11.8 Å². The van der Waals surface area contributed by atoms with Gasteiger partial charge in [-0.25, -0.2) is 4.98 Å². The van der Waals surface area contributed by atoms with Crippen molar-refractivity contribution in [3.8, 4) is 0 Å². The highest BCUT2D eigenvalue weighted by Crippen LogP contribution is 2.22. The van der Waals surface area contributed by atoms with E-state index in [0.717, 1.165) is 24.2 Å². The molecular formula is C15H23N3. The van der Waals surface area contributed by atoms with E-state index in [-0.39, 0.29) is 0 Å². The van der Waals surface area contributed by atoms with Gasteiger partial charge in [0, 0.05) is 18.7 Å². The van der Waals surface area contributed by atoms with Crippen molar-refractivity contribution in [1.82, 2.24) is 9.55 Å². The quantitative estimate of drug-likeness (QED) is 0.838. The van der Waals surface area contributed by atoms with Crippen LogP contribution in [0.3, 0.4) is 0 Å². The molecule has 3 heteroatoms. The monoisotopic (exact) mass is 245 g/mol. The molecule has 0 radical (unpaired) electrons. The van der Waals surface area contributed by atoms with E-state index in [9.17, 15) is 0 Å². The van der Waals surface area contributed by atoms with E-state index >= 15 is 0 Å². The summed E-state index contributed by atoms with van der Waals surface area (Å²) in [5.74, 6) is 2.41. The molecule has 0 bridgehead atoms. The first kappa shape index (κ1) is 12.9. The Morgan fingerprint density at radius 2 is 1.89 bits per heavy atom. The number of hydrogen-bond acceptors (Lipinski definition) is 2. The van der Waals surface area contributed by atoms with Crippen LogP contribution in [-0.2, 0) is 13.0 Å². The van der Waals surface area contributed by atoms with Gasteiger partial charge < -0.3 is 10.3 Å². The molecule has 2 N–H and O–H groups in total. The summed E-state index contributed by atoms with van der Waals surface area (Å²) < 4.78 is 2.35. The van der Waals surface area contributed by atoms with Gasteiger partial charge in [-0.15, -0.1) is 0 Å². The molecular weight excluding hydrogens is 222 g/mol. The van der Waals surface area contributed by atoms with E-state index in [1.807, 2.05) is 12.1 Å². The van der Waals surface area contributed by atoms with Crippen molar-refractivity contribution in [2.45, 2.75) is 40.7 Å². The highest BCUT2D eigenvalue weighted by Gasteiger charge is 2.13. The fraction of sp³-hybridized carbons (Fsp3) is 0.533. The number of nitrogen functional groups attached to an aromatic ring is 1. The van der Waals surface area contributed by atoms with Crippen LogP contribution in [0.5, 0.6) is 0 Å². The predicted molar refractivity (Wildman–Crippen MR) is 77.5 cm³/mol. The third kappa shape index (κ3) is 2.66. The van der Waals surface area contributed by atoms with E-state index in [4.69, 9.17) is 10.7 Å². The SMILES string of the molecule is CC(C)Cc1nc2cc(N)ccc2n1CC(C)C. The van der Waals surface area contributed by atoms with Gasteiger partial charge in [0.2, 0.25) is 0 Å². The summed E-state index contributed by atoms with van der Waals surface area (Å²) in [6.45, 7) is 9.95. The summed E-state index contributed by atoms with van der Waals surface area (Å²) >= 11 is 0. The second-order valence-corrected chi connectivity index (χ2v) is 5.88. The van der Waals surface area contributed by atoms with E-state index in [1.54, 1.807) is 0 Å². The van der Waals surface area contributed by atoms with Gasteiger partial charge in [0.25, 0.3) is 0 Å². The Labute approximate surface area is 109 Å². The van der Waals surface area contributed by atoms with Crippen LogP contribution in [-0.4, -0.2) is 9.55 Å². The molecule has 18 heavy (non-hydrogen) atoms. The van der Waals surface area contributed by atoms with Crippen LogP contribution in [0.15, 0.2) is 18.2 Å². The number of fused-ring (bicyclic) bond motifs is 1. The van der Waals surface area contributed by atoms with Crippen LogP contribution in [0, 0.1) is 11.8 Å². The van der Waals surface area contributed by atoms with Crippen molar-refractivity contribution in [1.29, 1.82) is 0 Å². The molecule has 0 atom stereocenters. The molecule has 1 aromatic carbocycles. The molecule has 0 fully saturated rings. The normalized spacial score (nSPS) is 11.9. The van der Waals surface area contributed by atoms with Crippen LogP contribution >= 0.6 is 0 Å². The number of hydrogen-bond donors (Lipinski definition) is 1. The molecule has 0 saturated carbocycles. The summed E-state index contributed by atoms with van der Waals surface area (Å²) in [5.41, 5.74) is 8.84. The highest BCUT2D eigenvalue weighted by atomic mass is 15.1. The number of anilines is 1. The summed E-state index contributed by atoms with van der Waals surface area (Å²) in [5, 5.41) is 0. The molecule has 3 nitrogen and oxygen atoms in total. The molecule has 0 amide bonds. The van der Waals surface area contributed by atoms with Crippen molar-refractivity contribution in [2.24, 2.45) is 11.8 Å². The third-order valence-electron chi connectivity index (χ3n) is 2.99. The molecule has 0 saturated heterocycles. The Bertz CT molecular complexity index is 538. The first-order valence-corrected chi connectivity index (χ1v) is 6.72. The molecule has 0 unspecified atom stereocenters. The highest BCUT2D eigenvalue weighted by molar-refractivity contribution is 5.79. The lowest BCUT2D eigenvalue weighted by molar-refractivity contribution is 0.499. The van der Waals surface area contributed by atoms with Gasteiger partial charge >= 0.3 is 0 Å². The van der Waals surface area contributed by atoms with Crippen LogP contribution in [0.25, 0.3) is 11.0 Å². The Morgan fingerprint density at radius 1 is 1.17 bits per heavy atom. The Kier molecular flexibility index (Phi) is 3.60. The van der Waals surface area contributed by atoms with Crippen LogP contribution < -0.4 is 5.73 Å². The lowest BCUT2D eigenvalue weighted by atomic mass is 10.1. The Balaban J connectivity index is 2.52. The minimum Gasteiger partial charge on any atom is -0.399 e. The summed E-state index contributed by atoms with van der Waals surface area (Å²) in [6, 6.07) is 6.01. The average molecular weight is 245 g/mol. The Morgan fingerprint density at radius 3 is 2.50 bits per heavy atom. The van der Waals surface area contributed by atoms with Gasteiger partial charge in [-0.3, -0.25) is 0 Å². The smallest absolute Gasteiger partial charge is 0.110 e. The van der Waals surface area contributed by atoms with E-state index in [1.165, 1.54) is 11.3 Å². The fourth-order valence-electron chi connectivity index (χ4n) is 2.29. The molecule has 1 aromatic heterocycles. The van der Waals surface area contributed by atoms with Gasteiger partial charge in [-0.1, -0.05) is 27.7 Å². The number of nitrogens with two attached hydrogens (primary N) is 1. The van der Waals surface area contributed by atoms with E-state index in [2.05, 4.69) is 38.3 Å². The summed E-state index contributed by atoms with van der Waals surface area (Å²) in [4.78, 5) is 4.75. The molecule has 1 heterocycles. The number of imidazole rings is 1. The van der Waals surface area contributed by atoms with Crippen molar-refractivity contribution in [2.75, 3.05) is 5.73 Å². The second-order valence-electron chi connectivity index (χ2n) is 5.88. The summed E-state index contributed by atoms with van der Waals surface area (Å²) in [6.07, 6.45) is 1.02. The van der Waals surface area contributed by atoms with Gasteiger partial charge in [0.1, 0.15) is 5.82 Å². The zero-order chi connectivity index (χ0) is 13.3. The number of rotatable bonds is 4. The van der Waals surface area contributed by atoms with Crippen molar-refractivity contribution >= 4 is 16.7 Å². The predicted octanol–water partition coefficient (Wildman–Crippen LogP) is 3.47. The lowest BCUT2D eigenvalue weighted by Gasteiger charge is -2.12. The standard InChI is InChI=1S/C15H23N3/c1-10(2)7-15-17-13-8-12(16)5-6-14(13)18(15)9-11(3)4/h5-6,8,10-11H,7,9,16H2,1-4H3. The van der Waals surface area contributed by atoms with Gasteiger partial charge in [0.15, 0.2) is 0 Å². The maximum absolute atomic E-state index is 5.84. The van der Waals surface area contributed by atoms with Gasteiger partial charge in [-0.2, -0.15) is 0 Å². The number of benzene rings is 1. The molecule has 0 aliphatic carbocycles. The molecule has 98 valence electrons. The van der Waals surface area contributed by atoms with Gasteiger partial charge in [0.05, 0.1) is 11.0 Å². The summed E-state index contributed by atoms with van der Waals surface area (Å²) in [7, 11) is 0. The number of aromatic nitrogens is 2. The van der Waals surface area contributed by atoms with Crippen molar-refractivity contribution in [3.63, 3.8) is 0 Å². The lowest BCUT2D eigenvalue weighted by Crippen LogP contribution is -2.10. The molecule has 2 rings (SSSR count).